The largest absolute Gasteiger partial charge is 0.299 e. The molecule has 0 spiro atoms. The van der Waals surface area contributed by atoms with Crippen LogP contribution in [-0.2, 0) is 11.2 Å². The van der Waals surface area contributed by atoms with E-state index < -0.39 is 0 Å². The molecule has 2 heteroatoms. The second kappa shape index (κ2) is 5.44. The lowest BCUT2D eigenvalue weighted by Gasteiger charge is -2.20. The van der Waals surface area contributed by atoms with Crippen molar-refractivity contribution < 1.29 is 9.18 Å². The molecular formula is C15H19FO. The third kappa shape index (κ3) is 3.15. The number of halogens is 1. The van der Waals surface area contributed by atoms with Gasteiger partial charge in [-0.2, -0.15) is 0 Å². The van der Waals surface area contributed by atoms with Crippen LogP contribution in [0.5, 0.6) is 0 Å². The van der Waals surface area contributed by atoms with Gasteiger partial charge in [-0.1, -0.05) is 25.3 Å². The van der Waals surface area contributed by atoms with Gasteiger partial charge in [-0.25, -0.2) is 4.39 Å². The Kier molecular flexibility index (Phi) is 3.93. The third-order valence-electron chi connectivity index (χ3n) is 3.74. The van der Waals surface area contributed by atoms with Gasteiger partial charge in [-0.3, -0.25) is 4.79 Å². The molecule has 0 aliphatic heterocycles. The number of hydrogen-bond donors (Lipinski definition) is 0. The van der Waals surface area contributed by atoms with Gasteiger partial charge in [0.15, 0.2) is 0 Å². The summed E-state index contributed by atoms with van der Waals surface area (Å²) in [5.74, 6) is 0.256. The van der Waals surface area contributed by atoms with Gasteiger partial charge in [0.2, 0.25) is 0 Å². The summed E-state index contributed by atoms with van der Waals surface area (Å²) in [6, 6.07) is 4.69. The number of Topliss-reactive ketones (excluding diaryl/α,β-unsaturated/α-hetero) is 1. The second-order valence-electron chi connectivity index (χ2n) is 5.05. The van der Waals surface area contributed by atoms with Gasteiger partial charge in [0.1, 0.15) is 11.6 Å². The first-order chi connectivity index (χ1) is 8.16. The van der Waals surface area contributed by atoms with Crippen LogP contribution in [-0.4, -0.2) is 5.78 Å². The molecular weight excluding hydrogens is 215 g/mol. The molecule has 0 aromatic heterocycles. The van der Waals surface area contributed by atoms with E-state index in [0.717, 1.165) is 24.0 Å². The van der Waals surface area contributed by atoms with Crippen LogP contribution >= 0.6 is 0 Å². The zero-order valence-corrected chi connectivity index (χ0v) is 10.3. The van der Waals surface area contributed by atoms with Crippen molar-refractivity contribution in [2.75, 3.05) is 0 Å². The predicted molar refractivity (Wildman–Crippen MR) is 66.4 cm³/mol. The lowest BCUT2D eigenvalue weighted by Crippen LogP contribution is -2.20. The van der Waals surface area contributed by atoms with Crippen LogP contribution in [0.4, 0.5) is 4.39 Å². The van der Waals surface area contributed by atoms with Crippen LogP contribution in [0.1, 0.15) is 43.2 Å². The van der Waals surface area contributed by atoms with Gasteiger partial charge >= 0.3 is 0 Å². The fourth-order valence-corrected chi connectivity index (χ4v) is 2.59. The maximum absolute atomic E-state index is 13.1. The highest BCUT2D eigenvalue weighted by molar-refractivity contribution is 5.83. The van der Waals surface area contributed by atoms with Crippen LogP contribution in [0.2, 0.25) is 0 Å². The molecule has 1 aliphatic rings. The summed E-state index contributed by atoms with van der Waals surface area (Å²) in [5.41, 5.74) is 1.86. The van der Waals surface area contributed by atoms with Crippen molar-refractivity contribution in [2.45, 2.75) is 45.4 Å². The van der Waals surface area contributed by atoms with Crippen molar-refractivity contribution in [2.24, 2.45) is 5.92 Å². The van der Waals surface area contributed by atoms with Crippen LogP contribution in [0.25, 0.3) is 0 Å². The molecule has 1 fully saturated rings. The Hall–Kier alpha value is -1.18. The van der Waals surface area contributed by atoms with Gasteiger partial charge in [-0.05, 0) is 43.0 Å². The first kappa shape index (κ1) is 12.3. The molecule has 0 atom stereocenters. The first-order valence-electron chi connectivity index (χ1n) is 6.44. The second-order valence-corrected chi connectivity index (χ2v) is 5.05. The molecule has 1 aromatic carbocycles. The van der Waals surface area contributed by atoms with E-state index in [1.807, 2.05) is 6.92 Å². The van der Waals surface area contributed by atoms with Crippen molar-refractivity contribution in [3.8, 4) is 0 Å². The minimum Gasteiger partial charge on any atom is -0.299 e. The maximum Gasteiger partial charge on any atom is 0.140 e. The Morgan fingerprint density at radius 2 is 2.00 bits per heavy atom. The Labute approximate surface area is 102 Å². The van der Waals surface area contributed by atoms with Crippen LogP contribution in [0.15, 0.2) is 18.2 Å². The molecule has 0 heterocycles. The zero-order chi connectivity index (χ0) is 12.3. The number of hydrogen-bond acceptors (Lipinski definition) is 1. The minimum atomic E-state index is -0.248. The molecule has 0 radical (unpaired) electrons. The van der Waals surface area contributed by atoms with Crippen molar-refractivity contribution in [1.82, 2.24) is 0 Å². The highest BCUT2D eigenvalue weighted by atomic mass is 19.1. The molecule has 0 N–H and O–H groups in total. The van der Waals surface area contributed by atoms with Crippen molar-refractivity contribution >= 4 is 5.78 Å². The lowest BCUT2D eigenvalue weighted by atomic mass is 9.84. The van der Waals surface area contributed by atoms with E-state index in [4.69, 9.17) is 0 Å². The Morgan fingerprint density at radius 3 is 2.71 bits per heavy atom. The molecule has 0 unspecified atom stereocenters. The smallest absolute Gasteiger partial charge is 0.140 e. The van der Waals surface area contributed by atoms with E-state index in [0.29, 0.717) is 12.2 Å². The summed E-state index contributed by atoms with van der Waals surface area (Å²) in [6.07, 6.45) is 6.02. The van der Waals surface area contributed by atoms with Crippen LogP contribution in [0.3, 0.4) is 0 Å². The lowest BCUT2D eigenvalue weighted by molar-refractivity contribution is -0.123. The topological polar surface area (TPSA) is 17.1 Å². The van der Waals surface area contributed by atoms with Gasteiger partial charge in [0.25, 0.3) is 0 Å². The summed E-state index contributed by atoms with van der Waals surface area (Å²) in [5, 5.41) is 0. The Bertz CT molecular complexity index is 405. The fraction of sp³-hybridized carbons (Fsp3) is 0.533. The summed E-state index contributed by atoms with van der Waals surface area (Å²) in [6.45, 7) is 1.93. The van der Waals surface area contributed by atoms with Gasteiger partial charge < -0.3 is 0 Å². The highest BCUT2D eigenvalue weighted by Gasteiger charge is 2.21. The zero-order valence-electron chi connectivity index (χ0n) is 10.3. The molecule has 0 saturated heterocycles. The molecule has 92 valence electrons. The van der Waals surface area contributed by atoms with E-state index >= 15 is 0 Å². The van der Waals surface area contributed by atoms with Crippen molar-refractivity contribution in [3.05, 3.63) is 35.1 Å². The molecule has 17 heavy (non-hydrogen) atoms. The molecule has 0 amide bonds. The fourth-order valence-electron chi connectivity index (χ4n) is 2.59. The molecule has 0 bridgehead atoms. The van der Waals surface area contributed by atoms with Crippen molar-refractivity contribution in [3.63, 3.8) is 0 Å². The molecule has 2 rings (SSSR count). The van der Waals surface area contributed by atoms with Gasteiger partial charge in [-0.15, -0.1) is 0 Å². The SMILES string of the molecule is Cc1ccc(F)cc1CC(=O)C1CCCCC1. The number of carbonyl (C=O) groups is 1. The number of benzene rings is 1. The van der Waals surface area contributed by atoms with Crippen molar-refractivity contribution in [1.29, 1.82) is 0 Å². The summed E-state index contributed by atoms with van der Waals surface area (Å²) in [7, 11) is 0. The summed E-state index contributed by atoms with van der Waals surface area (Å²) < 4.78 is 13.1. The number of aryl methyl sites for hydroxylation is 1. The van der Waals surface area contributed by atoms with Gasteiger partial charge in [0.05, 0.1) is 0 Å². The summed E-state index contributed by atoms with van der Waals surface area (Å²) in [4.78, 5) is 12.1. The van der Waals surface area contributed by atoms with E-state index in [2.05, 4.69) is 0 Å². The normalized spacial score (nSPS) is 17.1. The average molecular weight is 234 g/mol. The predicted octanol–water partition coefficient (Wildman–Crippen LogP) is 3.83. The number of ketones is 1. The van der Waals surface area contributed by atoms with E-state index in [1.165, 1.54) is 31.4 Å². The maximum atomic E-state index is 13.1. The van der Waals surface area contributed by atoms with Gasteiger partial charge in [0, 0.05) is 12.3 Å². The summed E-state index contributed by atoms with van der Waals surface area (Å²) >= 11 is 0. The molecule has 1 aliphatic carbocycles. The molecule has 1 saturated carbocycles. The monoisotopic (exact) mass is 234 g/mol. The number of carbonyl (C=O) groups excluding carboxylic acids is 1. The quantitative estimate of drug-likeness (QED) is 0.777. The first-order valence-corrected chi connectivity index (χ1v) is 6.44. The van der Waals surface area contributed by atoms with Crippen LogP contribution < -0.4 is 0 Å². The van der Waals surface area contributed by atoms with Crippen LogP contribution in [0, 0.1) is 18.7 Å². The van der Waals surface area contributed by atoms with E-state index in [9.17, 15) is 9.18 Å². The highest BCUT2D eigenvalue weighted by Crippen LogP contribution is 2.26. The minimum absolute atomic E-state index is 0.214. The Morgan fingerprint density at radius 1 is 1.29 bits per heavy atom. The standard InChI is InChI=1S/C15H19FO/c1-11-7-8-14(16)9-13(11)10-15(17)12-5-3-2-4-6-12/h7-9,12H,2-6,10H2,1H3. The average Bonchev–Trinajstić information content (AvgIpc) is 2.35. The third-order valence-corrected chi connectivity index (χ3v) is 3.74. The number of rotatable bonds is 3. The van der Waals surface area contributed by atoms with E-state index in [1.54, 1.807) is 6.07 Å². The molecule has 1 nitrogen and oxygen atoms in total. The molecule has 1 aromatic rings. The van der Waals surface area contributed by atoms with E-state index in [-0.39, 0.29) is 11.7 Å². The Balaban J connectivity index is 2.04.